The van der Waals surface area contributed by atoms with E-state index in [2.05, 4.69) is 40.9 Å². The molecule has 2 saturated carbocycles. The van der Waals surface area contributed by atoms with Gasteiger partial charge in [-0.2, -0.15) is 23.4 Å². The molecule has 0 spiro atoms. The van der Waals surface area contributed by atoms with E-state index in [4.69, 9.17) is 4.63 Å². The molecule has 3 aliphatic rings. The third kappa shape index (κ3) is 5.50. The number of H-pyrrole nitrogens is 1. The number of alkyl halides is 5. The monoisotopic (exact) mass is 634 g/mol. The fourth-order valence-corrected chi connectivity index (χ4v) is 6.41. The predicted molar refractivity (Wildman–Crippen MR) is 141 cm³/mol. The maximum Gasteiger partial charge on any atom is 0.408 e. The molecule has 0 bridgehead atoms. The highest BCUT2D eigenvalue weighted by Crippen LogP contribution is 2.43. The molecule has 4 aromatic heterocycles. The van der Waals surface area contributed by atoms with Crippen LogP contribution in [0.25, 0.3) is 5.65 Å². The number of amides is 2. The number of aromatic amines is 1. The van der Waals surface area contributed by atoms with Gasteiger partial charge < -0.3 is 10.6 Å². The van der Waals surface area contributed by atoms with Crippen molar-refractivity contribution in [1.82, 2.24) is 50.7 Å². The Hall–Kier alpha value is -4.51. The smallest absolute Gasteiger partial charge is 0.343 e. The van der Waals surface area contributed by atoms with Crippen LogP contribution in [0.5, 0.6) is 0 Å². The Balaban J connectivity index is 1.19. The van der Waals surface area contributed by atoms with Crippen molar-refractivity contribution in [2.24, 2.45) is 5.92 Å². The van der Waals surface area contributed by atoms with Crippen LogP contribution in [0.15, 0.2) is 29.4 Å². The molecule has 2 aliphatic carbocycles. The van der Waals surface area contributed by atoms with Gasteiger partial charge in [0.15, 0.2) is 11.3 Å². The summed E-state index contributed by atoms with van der Waals surface area (Å²) in [6.45, 7) is 0. The molecule has 45 heavy (non-hydrogen) atoms. The van der Waals surface area contributed by atoms with Gasteiger partial charge in [-0.3, -0.25) is 14.7 Å². The first-order valence-electron chi connectivity index (χ1n) is 14.5. The van der Waals surface area contributed by atoms with Crippen molar-refractivity contribution in [3.63, 3.8) is 0 Å². The molecular formula is C27H27F5N10O3. The maximum atomic E-state index is 14.1. The quantitative estimate of drug-likeness (QED) is 0.246. The number of carbonyl (C=O) groups is 2. The zero-order valence-electron chi connectivity index (χ0n) is 23.5. The summed E-state index contributed by atoms with van der Waals surface area (Å²) < 4.78 is 75.2. The van der Waals surface area contributed by atoms with Crippen molar-refractivity contribution in [3.05, 3.63) is 53.3 Å². The van der Waals surface area contributed by atoms with Crippen molar-refractivity contribution >= 4 is 17.5 Å². The molecule has 5 heterocycles. The average Bonchev–Trinajstić information content (AvgIpc) is 3.39. The minimum absolute atomic E-state index is 0.0135. The third-order valence-corrected chi connectivity index (χ3v) is 8.99. The van der Waals surface area contributed by atoms with Gasteiger partial charge in [0, 0.05) is 18.8 Å². The summed E-state index contributed by atoms with van der Waals surface area (Å²) in [7, 11) is 0. The Labute approximate surface area is 250 Å². The van der Waals surface area contributed by atoms with Crippen LogP contribution in [0.3, 0.4) is 0 Å². The van der Waals surface area contributed by atoms with E-state index in [0.29, 0.717) is 17.0 Å². The lowest BCUT2D eigenvalue weighted by Gasteiger charge is -2.33. The first-order chi connectivity index (χ1) is 21.4. The third-order valence-electron chi connectivity index (χ3n) is 8.99. The number of nitrogens with zero attached hydrogens (tertiary/aromatic N) is 7. The van der Waals surface area contributed by atoms with Gasteiger partial charge in [-0.1, -0.05) is 5.16 Å². The van der Waals surface area contributed by atoms with Crippen molar-refractivity contribution in [3.8, 4) is 0 Å². The lowest BCUT2D eigenvalue weighted by Crippen LogP contribution is -2.40. The van der Waals surface area contributed by atoms with Gasteiger partial charge in [0.05, 0.1) is 24.1 Å². The van der Waals surface area contributed by atoms with Crippen molar-refractivity contribution in [2.45, 2.75) is 86.9 Å². The number of hydrogen-bond acceptors (Lipinski definition) is 9. The summed E-state index contributed by atoms with van der Waals surface area (Å²) in [5, 5.41) is 23.2. The predicted octanol–water partition coefficient (Wildman–Crippen LogP) is 3.34. The summed E-state index contributed by atoms with van der Waals surface area (Å²) in [6.07, 6.45) is -0.0868. The van der Waals surface area contributed by atoms with Gasteiger partial charge in [0.2, 0.25) is 11.8 Å². The lowest BCUT2D eigenvalue weighted by molar-refractivity contribution is -0.155. The summed E-state index contributed by atoms with van der Waals surface area (Å²) in [5.41, 5.74) is -0.170. The van der Waals surface area contributed by atoms with Gasteiger partial charge in [0.25, 0.3) is 5.91 Å². The van der Waals surface area contributed by atoms with Crippen LogP contribution in [0.4, 0.5) is 22.0 Å². The molecule has 7 rings (SSSR count). The van der Waals surface area contributed by atoms with E-state index >= 15 is 0 Å². The van der Waals surface area contributed by atoms with Gasteiger partial charge in [-0.25, -0.2) is 27.9 Å². The van der Waals surface area contributed by atoms with Gasteiger partial charge in [-0.15, -0.1) is 0 Å². The minimum atomic E-state index is -4.67. The Kier molecular flexibility index (Phi) is 6.85. The number of fused-ring (bicyclic) bond motifs is 1. The summed E-state index contributed by atoms with van der Waals surface area (Å²) in [6, 6.07) is -1.28. The normalized spacial score (nSPS) is 24.6. The topological polar surface area (TPSA) is 169 Å². The Morgan fingerprint density at radius 2 is 1.96 bits per heavy atom. The molecule has 238 valence electrons. The van der Waals surface area contributed by atoms with Crippen LogP contribution in [0, 0.1) is 5.92 Å². The van der Waals surface area contributed by atoms with Gasteiger partial charge in [-0.05, 0) is 61.2 Å². The van der Waals surface area contributed by atoms with E-state index in [0.717, 1.165) is 19.2 Å². The Morgan fingerprint density at radius 3 is 2.62 bits per heavy atom. The summed E-state index contributed by atoms with van der Waals surface area (Å²) in [5.74, 6) is -4.52. The van der Waals surface area contributed by atoms with Gasteiger partial charge >= 0.3 is 6.18 Å². The molecule has 4 aromatic rings. The molecule has 1 saturated heterocycles. The minimum Gasteiger partial charge on any atom is -0.343 e. The second kappa shape index (κ2) is 10.5. The molecule has 18 heteroatoms. The molecule has 3 N–H and O–H groups in total. The van der Waals surface area contributed by atoms with Crippen molar-refractivity contribution in [1.29, 1.82) is 0 Å². The first-order valence-corrected chi connectivity index (χ1v) is 14.5. The Bertz CT molecular complexity index is 1720. The molecule has 13 nitrogen and oxygen atoms in total. The SMILES string of the molecule is O=C(N[C@H](c1cn2ncc(C[C@@]3(c4ncn[nH]4)C[C@@H](C(F)(F)F)NC3=O)cc2n1)C1CCC(F)(F)CC1)c1nonc1C1CC1. The summed E-state index contributed by atoms with van der Waals surface area (Å²) in [4.78, 5) is 35.1. The van der Waals surface area contributed by atoms with Gasteiger partial charge in [0.1, 0.15) is 29.3 Å². The number of aromatic nitrogens is 8. The lowest BCUT2D eigenvalue weighted by atomic mass is 9.78. The number of halogens is 5. The highest BCUT2D eigenvalue weighted by atomic mass is 19.4. The van der Waals surface area contributed by atoms with Crippen LogP contribution in [-0.4, -0.2) is 70.0 Å². The van der Waals surface area contributed by atoms with Crippen molar-refractivity contribution in [2.75, 3.05) is 0 Å². The largest absolute Gasteiger partial charge is 0.408 e. The number of rotatable bonds is 8. The van der Waals surface area contributed by atoms with Crippen LogP contribution >= 0.6 is 0 Å². The molecule has 3 atom stereocenters. The highest BCUT2D eigenvalue weighted by Gasteiger charge is 2.57. The van der Waals surface area contributed by atoms with Crippen LogP contribution in [0.1, 0.15) is 90.2 Å². The van der Waals surface area contributed by atoms with E-state index in [1.165, 1.54) is 10.7 Å². The zero-order valence-corrected chi connectivity index (χ0v) is 23.5. The van der Waals surface area contributed by atoms with E-state index in [9.17, 15) is 31.5 Å². The molecule has 2 amide bonds. The standard InChI is InChI=1S/C27H27F5N10O3/c28-26(29)5-3-15(4-6-26)19(38-22(43)21-20(14-1-2-14)40-45-41-21)16-11-42-18(36-16)7-13(10-35-42)8-25(23-33-12-34-39-23)9-17(27(30,31)32)37-24(25)44/h7,10-12,14-15,17,19H,1-6,8-9H2,(H,37,44)(H,38,43)(H,33,34,39)/t17-,19-,25-/m0/s1. The molecular weight excluding hydrogens is 607 g/mol. The van der Waals surface area contributed by atoms with Crippen LogP contribution in [0.2, 0.25) is 0 Å². The first kappa shape index (κ1) is 29.2. The maximum absolute atomic E-state index is 14.1. The van der Waals surface area contributed by atoms with E-state index in [1.807, 2.05) is 5.32 Å². The molecule has 3 fully saturated rings. The Morgan fingerprint density at radius 1 is 1.18 bits per heavy atom. The number of nitrogens with one attached hydrogen (secondary N) is 3. The van der Waals surface area contributed by atoms with Crippen LogP contribution < -0.4 is 10.6 Å². The summed E-state index contributed by atoms with van der Waals surface area (Å²) >= 11 is 0. The van der Waals surface area contributed by atoms with Crippen LogP contribution in [-0.2, 0) is 16.6 Å². The number of carbonyl (C=O) groups excluding carboxylic acids is 2. The van der Waals surface area contributed by atoms with E-state index in [-0.39, 0.29) is 61.1 Å². The molecule has 0 radical (unpaired) electrons. The van der Waals surface area contributed by atoms with E-state index < -0.39 is 47.8 Å². The second-order valence-corrected chi connectivity index (χ2v) is 12.1. The fourth-order valence-electron chi connectivity index (χ4n) is 6.41. The zero-order chi connectivity index (χ0) is 31.6. The van der Waals surface area contributed by atoms with E-state index in [1.54, 1.807) is 12.3 Å². The number of imidazole rings is 1. The highest BCUT2D eigenvalue weighted by molar-refractivity contribution is 5.93. The number of hydrogen-bond donors (Lipinski definition) is 3. The molecule has 1 aliphatic heterocycles. The van der Waals surface area contributed by atoms with Crippen molar-refractivity contribution < 1.29 is 36.2 Å². The molecule has 0 unspecified atom stereocenters. The average molecular weight is 635 g/mol. The molecule has 0 aromatic carbocycles. The fraction of sp³-hybridized carbons (Fsp3) is 0.556. The second-order valence-electron chi connectivity index (χ2n) is 12.1.